The molecule has 0 saturated heterocycles. The Hall–Kier alpha value is -0.0713. The van der Waals surface area contributed by atoms with Crippen LogP contribution in [0.1, 0.15) is 117 Å². The topological polar surface area (TPSA) is 20.2 Å². The summed E-state index contributed by atoms with van der Waals surface area (Å²) in [7, 11) is 0. The summed E-state index contributed by atoms with van der Waals surface area (Å²) in [5, 5.41) is 9.28. The van der Waals surface area contributed by atoms with E-state index in [0.717, 1.165) is 38.5 Å². The molecule has 0 heterocycles. The van der Waals surface area contributed by atoms with Crippen LogP contribution in [0.3, 0.4) is 0 Å². The predicted molar refractivity (Wildman–Crippen MR) is 173 cm³/mol. The third kappa shape index (κ3) is 6.11. The molecule has 4 aliphatic rings. The number of alkyl halides is 2. The Bertz CT molecular complexity index is 1000. The van der Waals surface area contributed by atoms with Gasteiger partial charge in [0.05, 0.1) is 0 Å². The van der Waals surface area contributed by atoms with Crippen molar-refractivity contribution < 1.29 is 13.9 Å². The van der Waals surface area contributed by atoms with Crippen LogP contribution in [0.2, 0.25) is 13.3 Å². The van der Waals surface area contributed by atoms with Crippen LogP contribution in [0.4, 0.5) is 8.78 Å². The van der Waals surface area contributed by atoms with E-state index < -0.39 is 34.6 Å². The molecule has 0 radical (unpaired) electrons. The monoisotopic (exact) mass is 694 g/mol. The first kappa shape index (κ1) is 32.3. The summed E-state index contributed by atoms with van der Waals surface area (Å²) in [6.07, 6.45) is 16.4. The normalized spacial score (nSPS) is 32.1. The van der Waals surface area contributed by atoms with Gasteiger partial charge in [0.2, 0.25) is 0 Å². The van der Waals surface area contributed by atoms with E-state index in [9.17, 15) is 5.11 Å². The van der Waals surface area contributed by atoms with E-state index in [0.29, 0.717) is 34.9 Å². The molecule has 4 aliphatic carbocycles. The van der Waals surface area contributed by atoms with Gasteiger partial charge in [0, 0.05) is 0 Å². The van der Waals surface area contributed by atoms with Gasteiger partial charge < -0.3 is 0 Å². The van der Waals surface area contributed by atoms with Crippen LogP contribution in [0.15, 0.2) is 44.9 Å². The first-order chi connectivity index (χ1) is 19.7. The summed E-state index contributed by atoms with van der Waals surface area (Å²) in [6.45, 7) is 7.03. The number of halogens is 2. The molecule has 5 atom stereocenters. The number of rotatable bonds is 13. The quantitative estimate of drug-likeness (QED) is 0.164. The first-order valence-electron chi connectivity index (χ1n) is 17.3. The molecule has 41 heavy (non-hydrogen) atoms. The Morgan fingerprint density at radius 1 is 0.927 bits per heavy atom. The van der Waals surface area contributed by atoms with Crippen molar-refractivity contribution in [3.63, 3.8) is 0 Å². The van der Waals surface area contributed by atoms with Gasteiger partial charge in [-0.05, 0) is 0 Å². The number of aliphatic hydroxyl groups is 1. The zero-order valence-corrected chi connectivity index (χ0v) is 29.8. The summed E-state index contributed by atoms with van der Waals surface area (Å²) in [5.74, 6) is 1.58. The third-order valence-electron chi connectivity index (χ3n) is 12.1. The molecule has 5 heteroatoms. The minimum absolute atomic E-state index is 0.237. The van der Waals surface area contributed by atoms with Gasteiger partial charge in [-0.25, -0.2) is 0 Å². The molecule has 0 aliphatic heterocycles. The van der Waals surface area contributed by atoms with E-state index in [2.05, 4.69) is 24.9 Å². The standard InChI is InChI=1S/C24H29F2OS.3C4H9.Sn/c1-16-10-11-17-14-18-15-23(27,24(25,26)28-19-8-4-2-5-9-19)22(21(18)20(16)17)12-6-3-7-13-22;3*1-3-4-2;/h1-2,4-5,8-9,17-18,20-21,27H,3,6-7,10-15H2;3*1,3-4H2,2H3;/t17-,18+,20-,21-,23?;;;;/m0..../s1. The van der Waals surface area contributed by atoms with E-state index in [-0.39, 0.29) is 11.8 Å². The number of unbranched alkanes of at least 4 members (excludes halogenated alkanes) is 3. The van der Waals surface area contributed by atoms with E-state index in [1.807, 2.05) is 18.2 Å². The van der Waals surface area contributed by atoms with Crippen molar-refractivity contribution in [2.75, 3.05) is 0 Å². The molecule has 0 bridgehead atoms. The maximum atomic E-state index is 16.6. The van der Waals surface area contributed by atoms with Gasteiger partial charge in [-0.2, -0.15) is 0 Å². The van der Waals surface area contributed by atoms with Gasteiger partial charge in [-0.1, -0.05) is 0 Å². The molecule has 1 nitrogen and oxygen atoms in total. The number of thioether (sulfide) groups is 1. The van der Waals surface area contributed by atoms with Gasteiger partial charge in [-0.15, -0.1) is 0 Å². The Balaban J connectivity index is 1.53. The second kappa shape index (κ2) is 13.5. The van der Waals surface area contributed by atoms with Crippen molar-refractivity contribution in [1.29, 1.82) is 0 Å². The van der Waals surface area contributed by atoms with Crippen LogP contribution < -0.4 is 0 Å². The molecule has 1 unspecified atom stereocenters. The molecule has 1 aromatic carbocycles. The van der Waals surface area contributed by atoms with Crippen molar-refractivity contribution in [1.82, 2.24) is 0 Å². The van der Waals surface area contributed by atoms with Crippen LogP contribution in [0, 0.1) is 29.1 Å². The Morgan fingerprint density at radius 2 is 1.54 bits per heavy atom. The van der Waals surface area contributed by atoms with Crippen LogP contribution >= 0.6 is 11.8 Å². The predicted octanol–water partition coefficient (Wildman–Crippen LogP) is 11.4. The molecular formula is C36H56F2OSSn. The number of hydrogen-bond donors (Lipinski definition) is 1. The average molecular weight is 694 g/mol. The molecule has 1 N–H and O–H groups in total. The molecule has 4 saturated carbocycles. The van der Waals surface area contributed by atoms with Gasteiger partial charge in [0.15, 0.2) is 0 Å². The van der Waals surface area contributed by atoms with Crippen LogP contribution in [0.5, 0.6) is 0 Å². The molecular weight excluding hydrogens is 637 g/mol. The fraction of sp³-hybridized carbons (Fsp3) is 0.778. The van der Waals surface area contributed by atoms with Gasteiger partial charge in [-0.3, -0.25) is 0 Å². The average Bonchev–Trinajstić information content (AvgIpc) is 3.59. The van der Waals surface area contributed by atoms with E-state index in [4.69, 9.17) is 0 Å². The Labute approximate surface area is 258 Å². The second-order valence-corrected chi connectivity index (χ2v) is 28.5. The summed E-state index contributed by atoms with van der Waals surface area (Å²) < 4.78 is 40.5. The molecule has 0 aromatic heterocycles. The number of benzene rings is 1. The first-order valence-corrected chi connectivity index (χ1v) is 25.8. The molecule has 1 spiro atoms. The summed E-state index contributed by atoms with van der Waals surface area (Å²) in [4.78, 5) is 0.565. The zero-order valence-electron chi connectivity index (χ0n) is 26.1. The molecule has 4 fully saturated rings. The van der Waals surface area contributed by atoms with Crippen molar-refractivity contribution in [3.8, 4) is 0 Å². The number of hydrogen-bond acceptors (Lipinski definition) is 2. The van der Waals surface area contributed by atoms with Crippen molar-refractivity contribution in [3.05, 3.63) is 40.0 Å². The molecule has 5 rings (SSSR count). The van der Waals surface area contributed by atoms with Crippen molar-refractivity contribution in [2.24, 2.45) is 29.1 Å². The Kier molecular flexibility index (Phi) is 10.7. The summed E-state index contributed by atoms with van der Waals surface area (Å²) in [6, 6.07) is 9.08. The fourth-order valence-corrected chi connectivity index (χ4v) is 27.0. The third-order valence-corrected chi connectivity index (χ3v) is 27.5. The summed E-state index contributed by atoms with van der Waals surface area (Å²) in [5.41, 5.74) is -0.879. The SMILES string of the molecule is CCC[CH2][Sn]([CH]=C1CC[C@H]2C[C@@H]3CC(O)(C(F)(F)Sc4ccccc4)C4(CCCCC4)[C@@H]3[C@@H]12)([CH2]CCC)[CH2]CCC. The number of fused-ring (bicyclic) bond motifs is 4. The van der Waals surface area contributed by atoms with Crippen LogP contribution in [-0.2, 0) is 0 Å². The van der Waals surface area contributed by atoms with E-state index in [1.54, 1.807) is 17.7 Å². The van der Waals surface area contributed by atoms with Gasteiger partial charge in [0.1, 0.15) is 0 Å². The zero-order chi connectivity index (χ0) is 29.1. The van der Waals surface area contributed by atoms with Gasteiger partial charge in [0.25, 0.3) is 0 Å². The van der Waals surface area contributed by atoms with Crippen LogP contribution in [0.25, 0.3) is 0 Å². The number of allylic oxidation sites excluding steroid dienone is 1. The minimum atomic E-state index is -3.19. The molecule has 230 valence electrons. The summed E-state index contributed by atoms with van der Waals surface area (Å²) >= 11 is -1.91. The van der Waals surface area contributed by atoms with Crippen molar-refractivity contribution >= 4 is 30.1 Å². The van der Waals surface area contributed by atoms with Gasteiger partial charge >= 0.3 is 259 Å². The Morgan fingerprint density at radius 3 is 2.12 bits per heavy atom. The van der Waals surface area contributed by atoms with Crippen molar-refractivity contribution in [2.45, 2.75) is 146 Å². The van der Waals surface area contributed by atoms with E-state index in [1.165, 1.54) is 64.7 Å². The second-order valence-electron chi connectivity index (χ2n) is 14.5. The maximum absolute atomic E-state index is 16.6. The fourth-order valence-electron chi connectivity index (χ4n) is 10.3. The van der Waals surface area contributed by atoms with Crippen LogP contribution in [-0.4, -0.2) is 34.3 Å². The van der Waals surface area contributed by atoms with E-state index >= 15 is 8.78 Å². The molecule has 0 amide bonds. The molecule has 1 aromatic rings.